The fourth-order valence-electron chi connectivity index (χ4n) is 4.97. The monoisotopic (exact) mass is 511 g/mol. The maximum absolute atomic E-state index is 12.7. The Morgan fingerprint density at radius 1 is 1.05 bits per heavy atom. The van der Waals surface area contributed by atoms with Gasteiger partial charge >= 0.3 is 12.1 Å². The molecule has 3 aromatic carbocycles. The molecule has 0 fully saturated rings. The van der Waals surface area contributed by atoms with Gasteiger partial charge in [0.25, 0.3) is 0 Å². The molecule has 1 amide bonds. The van der Waals surface area contributed by atoms with Gasteiger partial charge in [0.2, 0.25) is 0 Å². The Morgan fingerprint density at radius 2 is 1.76 bits per heavy atom. The van der Waals surface area contributed by atoms with Gasteiger partial charge in [-0.1, -0.05) is 60.7 Å². The molecule has 8 heteroatoms. The quantitative estimate of drug-likeness (QED) is 0.315. The van der Waals surface area contributed by atoms with E-state index in [4.69, 9.17) is 9.47 Å². The molecule has 0 saturated heterocycles. The van der Waals surface area contributed by atoms with Gasteiger partial charge in [-0.05, 0) is 40.8 Å². The summed E-state index contributed by atoms with van der Waals surface area (Å²) in [4.78, 5) is 28.8. The van der Waals surface area contributed by atoms with Gasteiger partial charge in [-0.2, -0.15) is 0 Å². The Morgan fingerprint density at radius 3 is 2.39 bits per heavy atom. The lowest BCUT2D eigenvalue weighted by Crippen LogP contribution is -2.42. The molecule has 1 heterocycles. The molecule has 8 nitrogen and oxygen atoms in total. The van der Waals surface area contributed by atoms with Gasteiger partial charge in [0.05, 0.1) is 19.5 Å². The zero-order chi connectivity index (χ0) is 26.5. The molecule has 0 saturated carbocycles. The fraction of sp³-hybridized carbons (Fsp3) is 0.233. The first-order chi connectivity index (χ1) is 18.5. The van der Waals surface area contributed by atoms with Crippen LogP contribution in [0.5, 0.6) is 5.75 Å². The van der Waals surface area contributed by atoms with Crippen molar-refractivity contribution >= 4 is 12.1 Å². The van der Waals surface area contributed by atoms with Crippen LogP contribution in [0.25, 0.3) is 11.1 Å². The van der Waals surface area contributed by atoms with Crippen LogP contribution in [0.1, 0.15) is 35.1 Å². The number of alkyl carbamates (subject to hydrolysis) is 1. The molecule has 2 N–H and O–H groups in total. The molecule has 0 radical (unpaired) electrons. The number of carboxylic acids is 1. The number of fused-ring (bicyclic) bond motifs is 3. The van der Waals surface area contributed by atoms with E-state index in [-0.39, 0.29) is 18.9 Å². The number of nitrogens with zero attached hydrogens (tertiary/aromatic N) is 2. The largest absolute Gasteiger partial charge is 0.494 e. The van der Waals surface area contributed by atoms with E-state index in [1.165, 1.54) is 0 Å². The third-order valence-corrected chi connectivity index (χ3v) is 6.71. The summed E-state index contributed by atoms with van der Waals surface area (Å²) in [6, 6.07) is 20.5. The number of hydrogen-bond acceptors (Lipinski definition) is 5. The van der Waals surface area contributed by atoms with Crippen molar-refractivity contribution in [2.24, 2.45) is 0 Å². The topological polar surface area (TPSA) is 103 Å². The molecule has 0 aliphatic heterocycles. The molecule has 1 aliphatic carbocycles. The molecule has 0 bridgehead atoms. The number of aromatic nitrogens is 2. The SMILES string of the molecule is CCOc1ccc(CC(NC(=O)OCC2c3ccccc3-c3ccccc32)C(=O)O)cc1Cn1ccnc1. The summed E-state index contributed by atoms with van der Waals surface area (Å²) in [5, 5.41) is 12.4. The van der Waals surface area contributed by atoms with E-state index in [1.54, 1.807) is 12.5 Å². The van der Waals surface area contributed by atoms with Crippen molar-refractivity contribution in [3.63, 3.8) is 0 Å². The number of rotatable bonds is 10. The Balaban J connectivity index is 1.26. The van der Waals surface area contributed by atoms with Crippen LogP contribution >= 0.6 is 0 Å². The Bertz CT molecular complexity index is 1390. The summed E-state index contributed by atoms with van der Waals surface area (Å²) in [6.45, 7) is 3.07. The van der Waals surface area contributed by atoms with Crippen LogP contribution in [0.3, 0.4) is 0 Å². The van der Waals surface area contributed by atoms with E-state index in [0.717, 1.165) is 39.1 Å². The summed E-state index contributed by atoms with van der Waals surface area (Å²) in [7, 11) is 0. The number of aliphatic carboxylic acids is 1. The van der Waals surface area contributed by atoms with E-state index in [0.29, 0.717) is 13.2 Å². The number of imidazole rings is 1. The minimum absolute atomic E-state index is 0.100. The van der Waals surface area contributed by atoms with E-state index >= 15 is 0 Å². The molecule has 4 aromatic rings. The number of hydrogen-bond donors (Lipinski definition) is 2. The number of carbonyl (C=O) groups is 2. The molecular formula is C30H29N3O5. The molecule has 38 heavy (non-hydrogen) atoms. The van der Waals surface area contributed by atoms with Gasteiger partial charge in [-0.15, -0.1) is 0 Å². The first-order valence-corrected chi connectivity index (χ1v) is 12.6. The smallest absolute Gasteiger partial charge is 0.407 e. The lowest BCUT2D eigenvalue weighted by atomic mass is 9.98. The summed E-state index contributed by atoms with van der Waals surface area (Å²) in [6.07, 6.45) is 4.59. The first-order valence-electron chi connectivity index (χ1n) is 12.6. The summed E-state index contributed by atoms with van der Waals surface area (Å²) >= 11 is 0. The number of nitrogens with one attached hydrogen (secondary N) is 1. The molecule has 1 unspecified atom stereocenters. The Hall–Kier alpha value is -4.59. The van der Waals surface area contributed by atoms with Crippen molar-refractivity contribution in [1.82, 2.24) is 14.9 Å². The van der Waals surface area contributed by atoms with E-state index in [9.17, 15) is 14.7 Å². The van der Waals surface area contributed by atoms with Crippen LogP contribution in [0.4, 0.5) is 4.79 Å². The average Bonchev–Trinajstić information content (AvgIpc) is 3.54. The minimum Gasteiger partial charge on any atom is -0.494 e. The lowest BCUT2D eigenvalue weighted by molar-refractivity contribution is -0.139. The summed E-state index contributed by atoms with van der Waals surface area (Å²) in [5.74, 6) is -0.516. The van der Waals surface area contributed by atoms with Crippen LogP contribution in [-0.2, 0) is 22.5 Å². The van der Waals surface area contributed by atoms with Crippen LogP contribution in [0.15, 0.2) is 85.5 Å². The molecule has 194 valence electrons. The standard InChI is InChI=1S/C30H29N3O5/c1-2-37-28-12-11-20(15-21(28)17-33-14-13-31-19-33)16-27(29(34)35)32-30(36)38-18-26-24-9-5-3-7-22(24)23-8-4-6-10-25(23)26/h3-15,19,26-27H,2,16-18H2,1H3,(H,32,36)(H,34,35). The van der Waals surface area contributed by atoms with Crippen molar-refractivity contribution in [3.8, 4) is 16.9 Å². The fourth-order valence-corrected chi connectivity index (χ4v) is 4.97. The highest BCUT2D eigenvalue weighted by Gasteiger charge is 2.30. The van der Waals surface area contributed by atoms with Crippen molar-refractivity contribution in [2.45, 2.75) is 31.8 Å². The van der Waals surface area contributed by atoms with Crippen molar-refractivity contribution < 1.29 is 24.2 Å². The number of carbonyl (C=O) groups excluding carboxylic acids is 1. The van der Waals surface area contributed by atoms with E-state index in [2.05, 4.69) is 22.4 Å². The second-order valence-electron chi connectivity index (χ2n) is 9.17. The zero-order valence-electron chi connectivity index (χ0n) is 21.0. The van der Waals surface area contributed by atoms with Gasteiger partial charge in [-0.3, -0.25) is 0 Å². The van der Waals surface area contributed by atoms with Crippen molar-refractivity contribution in [3.05, 3.63) is 108 Å². The normalized spacial score (nSPS) is 12.9. The molecular weight excluding hydrogens is 482 g/mol. The van der Waals surface area contributed by atoms with Gasteiger partial charge < -0.3 is 24.5 Å². The third-order valence-electron chi connectivity index (χ3n) is 6.71. The maximum atomic E-state index is 12.7. The number of ether oxygens (including phenoxy) is 2. The van der Waals surface area contributed by atoms with Crippen LogP contribution in [0.2, 0.25) is 0 Å². The maximum Gasteiger partial charge on any atom is 0.407 e. The third kappa shape index (κ3) is 5.39. The van der Waals surface area contributed by atoms with Crippen molar-refractivity contribution in [1.29, 1.82) is 0 Å². The molecule has 1 atom stereocenters. The second kappa shape index (κ2) is 11.2. The highest BCUT2D eigenvalue weighted by Crippen LogP contribution is 2.44. The van der Waals surface area contributed by atoms with Gasteiger partial charge in [-0.25, -0.2) is 14.6 Å². The minimum atomic E-state index is -1.15. The van der Waals surface area contributed by atoms with Crippen molar-refractivity contribution in [2.75, 3.05) is 13.2 Å². The highest BCUT2D eigenvalue weighted by molar-refractivity contribution is 5.81. The predicted octanol–water partition coefficient (Wildman–Crippen LogP) is 4.86. The Labute approximate surface area is 220 Å². The summed E-state index contributed by atoms with van der Waals surface area (Å²) < 4.78 is 13.2. The van der Waals surface area contributed by atoms with Crippen LogP contribution < -0.4 is 10.1 Å². The van der Waals surface area contributed by atoms with Gasteiger partial charge in [0.1, 0.15) is 18.4 Å². The molecule has 1 aliphatic rings. The number of benzene rings is 3. The summed E-state index contributed by atoms with van der Waals surface area (Å²) in [5.41, 5.74) is 6.10. The van der Waals surface area contributed by atoms with E-state index in [1.807, 2.05) is 72.3 Å². The highest BCUT2D eigenvalue weighted by atomic mass is 16.5. The average molecular weight is 512 g/mol. The number of carboxylic acid groups (broad SMARTS) is 1. The van der Waals surface area contributed by atoms with E-state index < -0.39 is 18.1 Å². The van der Waals surface area contributed by atoms with Crippen LogP contribution in [0, 0.1) is 0 Å². The zero-order valence-corrected chi connectivity index (χ0v) is 21.0. The number of amides is 1. The molecule has 5 rings (SSSR count). The second-order valence-corrected chi connectivity index (χ2v) is 9.17. The van der Waals surface area contributed by atoms with Gasteiger partial charge in [0, 0.05) is 30.3 Å². The van der Waals surface area contributed by atoms with Gasteiger partial charge in [0.15, 0.2) is 0 Å². The molecule has 0 spiro atoms. The predicted molar refractivity (Wildman–Crippen MR) is 142 cm³/mol. The van der Waals surface area contributed by atoms with Crippen LogP contribution in [-0.4, -0.2) is 46.0 Å². The lowest BCUT2D eigenvalue weighted by Gasteiger charge is -2.18. The molecule has 1 aromatic heterocycles. The first kappa shape index (κ1) is 25.1. The Kier molecular flexibility index (Phi) is 7.40.